The number of ether oxygens (including phenoxy) is 1. The lowest BCUT2D eigenvalue weighted by Crippen LogP contribution is -2.45. The summed E-state index contributed by atoms with van der Waals surface area (Å²) < 4.78 is 10.3. The molecule has 2 atom stereocenters. The zero-order valence-corrected chi connectivity index (χ0v) is 44.5. The van der Waals surface area contributed by atoms with E-state index in [4.69, 9.17) is 31.9 Å². The number of fused-ring (bicyclic) bond motifs is 1. The molecular weight excluding hydrogens is 893 g/mol. The molecule has 0 radical (unpaired) electrons. The number of carbonyl (C=O) groups is 1. The van der Waals surface area contributed by atoms with Gasteiger partial charge in [0.15, 0.2) is 5.70 Å². The van der Waals surface area contributed by atoms with E-state index >= 15 is 0 Å². The number of thiazole rings is 1. The molecule has 4 bridgehead atoms. The number of nitrogens with zero attached hydrogens (tertiary/aromatic N) is 5. The molecule has 3 heterocycles. The van der Waals surface area contributed by atoms with E-state index < -0.39 is 0 Å². The molecule has 14 heteroatoms. The van der Waals surface area contributed by atoms with Crippen LogP contribution in [0.3, 0.4) is 0 Å². The normalized spacial score (nSPS) is 27.3. The first-order valence-electron chi connectivity index (χ1n) is 26.4. The summed E-state index contributed by atoms with van der Waals surface area (Å²) in [7, 11) is 3.95. The van der Waals surface area contributed by atoms with Gasteiger partial charge in [-0.2, -0.15) is 0 Å². The van der Waals surface area contributed by atoms with Crippen molar-refractivity contribution in [1.29, 1.82) is 0 Å². The Morgan fingerprint density at radius 3 is 2.26 bits per heavy atom. The van der Waals surface area contributed by atoms with Gasteiger partial charge >= 0.3 is 0 Å². The average molecular weight is 978 g/mol. The van der Waals surface area contributed by atoms with Crippen LogP contribution < -0.4 is 27.8 Å². The predicted molar refractivity (Wildman–Crippen MR) is 289 cm³/mol. The molecule has 1 aromatic carbocycles. The van der Waals surface area contributed by atoms with E-state index in [1.165, 1.54) is 82.0 Å². The molecule has 70 heavy (non-hydrogen) atoms. The molecule has 2 unspecified atom stereocenters. The van der Waals surface area contributed by atoms with Crippen LogP contribution in [0.15, 0.2) is 92.3 Å². The van der Waals surface area contributed by atoms with Gasteiger partial charge in [-0.1, -0.05) is 95.1 Å². The number of likely N-dealkylation sites (N-methyl/N-ethyl adjacent to an activating group) is 1. The topological polar surface area (TPSA) is 193 Å². The lowest BCUT2D eigenvalue weighted by molar-refractivity contribution is -0.486. The van der Waals surface area contributed by atoms with Crippen LogP contribution in [0.4, 0.5) is 5.13 Å². The number of aliphatic hydroxyl groups excluding tert-OH is 1. The Morgan fingerprint density at radius 1 is 0.957 bits per heavy atom. The number of carbonyl (C=O) groups excluding carboxylic acids is 1. The van der Waals surface area contributed by atoms with Gasteiger partial charge < -0.3 is 42.1 Å². The molecule has 0 saturated heterocycles. The molecule has 4 saturated carbocycles. The van der Waals surface area contributed by atoms with Gasteiger partial charge in [-0.25, -0.2) is 14.6 Å². The summed E-state index contributed by atoms with van der Waals surface area (Å²) >= 11 is 1.51. The highest BCUT2D eigenvalue weighted by molar-refractivity contribution is 7.22. The standard InChI is InChI=1S/C56H84N10O3S/c1-39(67)22-17-15-13-11-9-8-10-12-14-16-20-28-65(7)30-31-69-56-36-53(4)33-54(5,37-56)35-55(56,34-53)38-61-41(3)44(32-57)43-26-27-47(63-48(43)51(68)60-6)66-29-21-23-42(50(66)59)40(2)49(58)64-52-62-45-24-18-19-25-46(45)70-52/h18-19,24-27,32H,8-17,20-23,28-31,33-38H2,1-7H3,(H8,57,58,59,60,61,62,63,64,68)/p+1. The van der Waals surface area contributed by atoms with Crippen LogP contribution in [-0.2, 0) is 9.53 Å². The maximum Gasteiger partial charge on any atom is 0.226 e. The number of Topliss-reactive ketones (excluding diaryl/α,β-unsaturated/α-hetero) is 1. The number of amidine groups is 2. The fraction of sp³-hybridized carbons (Fsp3) is 0.625. The van der Waals surface area contributed by atoms with Crippen molar-refractivity contribution in [3.63, 3.8) is 0 Å². The highest BCUT2D eigenvalue weighted by Gasteiger charge is 2.74. The second-order valence-electron chi connectivity index (χ2n) is 22.2. The Hall–Kier alpha value is -4.79. The molecule has 13 nitrogen and oxygen atoms in total. The first-order valence-corrected chi connectivity index (χ1v) is 27.2. The summed E-state index contributed by atoms with van der Waals surface area (Å²) in [5.41, 5.74) is 25.7. The Kier molecular flexibility index (Phi) is 17.6. The molecule has 8 rings (SSSR count). The van der Waals surface area contributed by atoms with Crippen LogP contribution in [0.25, 0.3) is 10.2 Å². The number of nitrogens with two attached hydrogens (primary N) is 3. The van der Waals surface area contributed by atoms with E-state index in [9.17, 15) is 9.90 Å². The highest BCUT2D eigenvalue weighted by Crippen LogP contribution is 2.77. The quantitative estimate of drug-likeness (QED) is 0.0174. The summed E-state index contributed by atoms with van der Waals surface area (Å²) in [6.45, 7) is 14.8. The maximum atomic E-state index is 11.4. The van der Waals surface area contributed by atoms with E-state index in [1.807, 2.05) is 54.8 Å². The molecule has 4 fully saturated rings. The van der Waals surface area contributed by atoms with Gasteiger partial charge in [-0.3, -0.25) is 10.3 Å². The van der Waals surface area contributed by atoms with Crippen molar-refractivity contribution in [2.45, 2.75) is 162 Å². The lowest BCUT2D eigenvalue weighted by atomic mass is 9.61. The molecule has 6 aliphatic rings. The number of para-hydroxylation sites is 1. The number of nitrogens with one attached hydrogen (secondary N) is 2. The molecule has 4 aliphatic carbocycles. The van der Waals surface area contributed by atoms with Crippen LogP contribution in [0.1, 0.15) is 157 Å². The second-order valence-corrected chi connectivity index (χ2v) is 23.2. The molecule has 1 aromatic heterocycles. The van der Waals surface area contributed by atoms with Gasteiger partial charge in [-0.15, -0.1) is 0 Å². The molecule has 2 aliphatic heterocycles. The van der Waals surface area contributed by atoms with Crippen molar-refractivity contribution in [2.75, 3.05) is 46.9 Å². The number of allylic oxidation sites excluding steroid dienone is 3. The van der Waals surface area contributed by atoms with E-state index in [-0.39, 0.29) is 27.7 Å². The fourth-order valence-corrected chi connectivity index (χ4v) is 14.1. The number of hydrogen-bond donors (Lipinski definition) is 6. The smallest absolute Gasteiger partial charge is 0.226 e. The van der Waals surface area contributed by atoms with Crippen molar-refractivity contribution in [3.05, 3.63) is 82.3 Å². The second kappa shape index (κ2) is 23.2. The van der Waals surface area contributed by atoms with Gasteiger partial charge in [0.05, 0.1) is 29.0 Å². The van der Waals surface area contributed by atoms with E-state index in [0.717, 1.165) is 115 Å². The molecule has 2 aromatic rings. The van der Waals surface area contributed by atoms with Crippen molar-refractivity contribution < 1.29 is 19.2 Å². The third kappa shape index (κ3) is 12.3. The number of ketones is 1. The molecule has 9 N–H and O–H groups in total. The number of unbranched alkanes of at least 4 members (excludes halogenated alkanes) is 10. The number of aliphatic hydroxyl groups is 1. The summed E-state index contributed by atoms with van der Waals surface area (Å²) in [6.07, 6.45) is 27.6. The largest absolute Gasteiger partial charge is 0.492 e. The van der Waals surface area contributed by atoms with Crippen molar-refractivity contribution in [2.24, 2.45) is 43.4 Å². The van der Waals surface area contributed by atoms with Gasteiger partial charge in [-0.05, 0) is 121 Å². The van der Waals surface area contributed by atoms with Crippen LogP contribution in [-0.4, -0.2) is 95.2 Å². The Bertz CT molecular complexity index is 2420. The number of aliphatic imine (C=N–C) groups is 2. The third-order valence-electron chi connectivity index (χ3n) is 16.1. The molecule has 382 valence electrons. The fourth-order valence-electron chi connectivity index (χ4n) is 13.2. The van der Waals surface area contributed by atoms with Crippen molar-refractivity contribution in [3.8, 4) is 0 Å². The molecule has 0 spiro atoms. The number of benzene rings is 1. The third-order valence-corrected chi connectivity index (χ3v) is 17.0. The van der Waals surface area contributed by atoms with Crippen LogP contribution in [0.2, 0.25) is 0 Å². The average Bonchev–Trinajstić information content (AvgIpc) is 3.87. The Labute approximate surface area is 422 Å². The van der Waals surface area contributed by atoms with E-state index in [0.29, 0.717) is 41.4 Å². The zero-order chi connectivity index (χ0) is 50.1. The monoisotopic (exact) mass is 978 g/mol. The first kappa shape index (κ1) is 53.0. The van der Waals surface area contributed by atoms with Gasteiger partial charge in [0.1, 0.15) is 11.6 Å². The Balaban J connectivity index is 0.979. The molecular formula is C56H85N10O3S+. The number of hydrogen-bond acceptors (Lipinski definition) is 12. The van der Waals surface area contributed by atoms with Gasteiger partial charge in [0.25, 0.3) is 0 Å². The number of rotatable bonds is 26. The van der Waals surface area contributed by atoms with Crippen LogP contribution >= 0.6 is 11.3 Å². The summed E-state index contributed by atoms with van der Waals surface area (Å²) in [5.74, 6) is 2.01. The van der Waals surface area contributed by atoms with Gasteiger partial charge in [0, 0.05) is 72.3 Å². The van der Waals surface area contributed by atoms with Crippen molar-refractivity contribution in [1.82, 2.24) is 20.5 Å². The molecule has 0 amide bonds. The SMILES string of the molecule is CN/C(O)=C1\NC([N+]2=C(N)/C(=C(C)\C(N)=N/c3nc4ccccc4s3)CCC2)=CC=C1/C(=C/N)C(C)=NCC12CC3(C)CC(C)(C1)CC2(OCCN(C)CCCCCCCCCCCCCC(C)=O)C3. The number of aromatic nitrogens is 1. The summed E-state index contributed by atoms with van der Waals surface area (Å²) in [4.78, 5) is 28.3. The first-order chi connectivity index (χ1) is 33.5. The van der Waals surface area contributed by atoms with Crippen LogP contribution in [0.5, 0.6) is 0 Å². The summed E-state index contributed by atoms with van der Waals surface area (Å²) in [5, 5.41) is 18.4. The van der Waals surface area contributed by atoms with Crippen LogP contribution in [0, 0.1) is 16.2 Å². The highest BCUT2D eigenvalue weighted by atomic mass is 32.1. The van der Waals surface area contributed by atoms with Gasteiger partial charge in [0.2, 0.25) is 22.7 Å². The number of dihydropyridines is 1. The van der Waals surface area contributed by atoms with E-state index in [2.05, 4.69) is 41.4 Å². The van der Waals surface area contributed by atoms with E-state index in [1.54, 1.807) is 20.2 Å². The predicted octanol–water partition coefficient (Wildman–Crippen LogP) is 10.3. The maximum absolute atomic E-state index is 11.4. The van der Waals surface area contributed by atoms with Crippen molar-refractivity contribution >= 4 is 49.9 Å². The minimum atomic E-state index is -0.193. The lowest BCUT2D eigenvalue weighted by Gasteiger charge is -2.44. The summed E-state index contributed by atoms with van der Waals surface area (Å²) in [6, 6.07) is 7.97. The zero-order valence-electron chi connectivity index (χ0n) is 43.7. The Morgan fingerprint density at radius 2 is 1.61 bits per heavy atom. The minimum absolute atomic E-state index is 0.0151. The minimum Gasteiger partial charge on any atom is -0.492 e.